The predicted molar refractivity (Wildman–Crippen MR) is 39.0 cm³/mol. The molecule has 0 heterocycles. The molecule has 0 saturated carbocycles. The van der Waals surface area contributed by atoms with E-state index in [1.807, 2.05) is 0 Å². The molecule has 2 N–H and O–H groups in total. The third kappa shape index (κ3) is 12.4. The van der Waals surface area contributed by atoms with Crippen LogP contribution in [0.3, 0.4) is 0 Å². The maximum atomic E-state index is 10.1. The zero-order valence-electron chi connectivity index (χ0n) is 11.6. The van der Waals surface area contributed by atoms with E-state index >= 15 is 0 Å². The molecule has 11 heteroatoms. The van der Waals surface area contributed by atoms with Gasteiger partial charge in [-0.15, -0.1) is 0 Å². The Kier molecular flexibility index (Phi) is 32.5. The molecule has 0 aromatic carbocycles. The van der Waals surface area contributed by atoms with Gasteiger partial charge in [-0.2, -0.15) is 9.59 Å². The van der Waals surface area contributed by atoms with Gasteiger partial charge in [-0.3, -0.25) is 4.21 Å². The van der Waals surface area contributed by atoms with Crippen molar-refractivity contribution in [2.24, 2.45) is 0 Å². The Labute approximate surface area is 164 Å². The molecule has 80 valence electrons. The van der Waals surface area contributed by atoms with Crippen LogP contribution >= 0.6 is 0 Å². The third-order valence-corrected chi connectivity index (χ3v) is 2.10. The summed E-state index contributed by atoms with van der Waals surface area (Å²) in [4.78, 5) is 23.7. The molecule has 16 heavy (non-hydrogen) atoms. The first kappa shape index (κ1) is 30.7. The largest absolute Gasteiger partial charge is 1.00 e. The van der Waals surface area contributed by atoms with Crippen molar-refractivity contribution in [1.82, 2.24) is 0 Å². The molecular weight excluding hydrogens is 273 g/mol. The van der Waals surface area contributed by atoms with Gasteiger partial charge < -0.3 is 17.6 Å². The van der Waals surface area contributed by atoms with Crippen LogP contribution in [0, 0.1) is 0 Å². The quantitative estimate of drug-likeness (QED) is 0.388. The van der Waals surface area contributed by atoms with Gasteiger partial charge in [-0.05, 0) is 17.5 Å². The molecule has 0 aliphatic carbocycles. The second-order valence-electron chi connectivity index (χ2n) is 1.76. The van der Waals surface area contributed by atoms with E-state index in [1.54, 1.807) is 0 Å². The van der Waals surface area contributed by atoms with E-state index in [0.717, 1.165) is 0 Å². The van der Waals surface area contributed by atoms with Gasteiger partial charge in [0.05, 0.1) is 0 Å². The van der Waals surface area contributed by atoms with Gasteiger partial charge in [0.15, 0.2) is 0 Å². The zero-order chi connectivity index (χ0) is 11.1. The molecule has 0 aromatic heterocycles. The number of carbonyl (C=O) groups excluding carboxylic acids is 2. The molecule has 0 radical (unpaired) electrons. The first-order valence-electron chi connectivity index (χ1n) is 2.91. The Morgan fingerprint density at radius 3 is 1.69 bits per heavy atom. The van der Waals surface area contributed by atoms with Crippen LogP contribution in [0.2, 0.25) is 0 Å². The number of carbonyl (C=O) groups is 1. The van der Waals surface area contributed by atoms with E-state index < -0.39 is 22.0 Å². The Hall–Kier alpha value is 1.92. The Balaban J connectivity index is -0.0000000277. The summed E-state index contributed by atoms with van der Waals surface area (Å²) in [6.45, 7) is 1.27. The van der Waals surface area contributed by atoms with E-state index in [0.29, 0.717) is 0 Å². The number of carboxylic acid groups (broad SMARTS) is 1. The third-order valence-electron chi connectivity index (χ3n) is 1.09. The van der Waals surface area contributed by atoms with Gasteiger partial charge in [0.2, 0.25) is 4.93 Å². The van der Waals surface area contributed by atoms with Crippen molar-refractivity contribution >= 4 is 23.2 Å². The summed E-state index contributed by atoms with van der Waals surface area (Å²) in [5.41, 5.74) is 0. The number of hydrogen-bond acceptors (Lipinski definition) is 6. The number of rotatable bonds is 3. The average Bonchev–Trinajstić information content (AvgIpc) is 2.03. The number of aliphatic carboxylic acids is 1. The summed E-state index contributed by atoms with van der Waals surface area (Å²) in [5, 5.41) is 16.9. The summed E-state index contributed by atoms with van der Waals surface area (Å²) < 4.78 is 20.1. The van der Waals surface area contributed by atoms with Crippen molar-refractivity contribution in [2.75, 3.05) is 0 Å². The van der Waals surface area contributed by atoms with E-state index in [-0.39, 0.29) is 104 Å². The smallest absolute Gasteiger partial charge is 1.00 e. The molecule has 0 spiro atoms. The number of carboxylic acids is 1. The van der Waals surface area contributed by atoms with Gasteiger partial charge in [0, 0.05) is 0 Å². The zero-order valence-corrected chi connectivity index (χ0v) is 16.4. The summed E-state index contributed by atoms with van der Waals surface area (Å²) in [6.07, 6.45) is -0.113. The van der Waals surface area contributed by atoms with Crippen LogP contribution in [0.25, 0.3) is 0 Å². The maximum absolute atomic E-state index is 10.1. The van der Waals surface area contributed by atoms with Crippen LogP contribution in [0.15, 0.2) is 0 Å². The van der Waals surface area contributed by atoms with Gasteiger partial charge in [-0.1, -0.05) is 6.92 Å². The molecule has 0 bridgehead atoms. The molecule has 0 rings (SSSR count). The van der Waals surface area contributed by atoms with Gasteiger partial charge in [-0.25, -0.2) is 4.79 Å². The standard InChI is InChI=1S/C4H8O5S.CO2.3Na.2H/c1-2-4(7,3(5)6)10(8)9;2-1-3;;;;;/h7H,2H2,1H3,(H,5,6)(H,8,9);;;;;;/q;;3*+1;2*-1/p-1. The van der Waals surface area contributed by atoms with Crippen LogP contribution in [0.5, 0.6) is 0 Å². The molecule has 7 nitrogen and oxygen atoms in total. The number of hydrogen-bond donors (Lipinski definition) is 2. The van der Waals surface area contributed by atoms with Gasteiger partial charge in [0.25, 0.3) is 0 Å². The maximum Gasteiger partial charge on any atom is 1.00 e. The SMILES string of the molecule is CCC(O)(C(=O)O)S(=O)[O-].O=C=O.[H-].[H-].[Na+].[Na+].[Na+]. The van der Waals surface area contributed by atoms with E-state index in [2.05, 4.69) is 0 Å². The molecule has 2 unspecified atom stereocenters. The van der Waals surface area contributed by atoms with Crippen LogP contribution in [0.4, 0.5) is 0 Å². The fourth-order valence-electron chi connectivity index (χ4n) is 0.340. The first-order chi connectivity index (χ1) is 5.86. The summed E-state index contributed by atoms with van der Waals surface area (Å²) in [7, 11) is 0. The second-order valence-corrected chi connectivity index (χ2v) is 2.91. The summed E-state index contributed by atoms with van der Waals surface area (Å²) >= 11 is -2.99. The molecule has 0 aliphatic heterocycles. The monoisotopic (exact) mass is 282 g/mol. The minimum atomic E-state index is -2.99. The molecule has 0 fully saturated rings. The number of aliphatic hydroxyl groups is 1. The van der Waals surface area contributed by atoms with Crippen molar-refractivity contribution in [1.29, 1.82) is 0 Å². The molecule has 0 saturated heterocycles. The van der Waals surface area contributed by atoms with Crippen molar-refractivity contribution in [3.63, 3.8) is 0 Å². The molecule has 0 aliphatic rings. The van der Waals surface area contributed by atoms with Gasteiger partial charge >= 0.3 is 101 Å². The fourth-order valence-corrected chi connectivity index (χ4v) is 0.719. The van der Waals surface area contributed by atoms with Crippen LogP contribution in [-0.4, -0.2) is 36.0 Å². The van der Waals surface area contributed by atoms with Crippen molar-refractivity contribution < 1.29 is 125 Å². The topological polar surface area (TPSA) is 132 Å². The minimum absolute atomic E-state index is 0. The Morgan fingerprint density at radius 1 is 1.44 bits per heavy atom. The van der Waals surface area contributed by atoms with E-state index in [4.69, 9.17) is 19.8 Å². The van der Waals surface area contributed by atoms with Crippen LogP contribution < -0.4 is 88.7 Å². The van der Waals surface area contributed by atoms with Crippen molar-refractivity contribution in [2.45, 2.75) is 18.3 Å². The van der Waals surface area contributed by atoms with Crippen molar-refractivity contribution in [3.05, 3.63) is 0 Å². The Morgan fingerprint density at radius 2 is 1.69 bits per heavy atom. The van der Waals surface area contributed by atoms with Gasteiger partial charge in [0.1, 0.15) is 0 Å². The van der Waals surface area contributed by atoms with E-state index in [9.17, 15) is 13.6 Å². The predicted octanol–water partition coefficient (Wildman–Crippen LogP) is -10.3. The average molecular weight is 282 g/mol. The molecule has 0 aromatic rings. The summed E-state index contributed by atoms with van der Waals surface area (Å²) in [6, 6.07) is 0. The first-order valence-corrected chi connectivity index (χ1v) is 3.98. The second kappa shape index (κ2) is 16.9. The molecular formula is C5H9Na3O7S. The van der Waals surface area contributed by atoms with E-state index in [1.165, 1.54) is 6.92 Å². The van der Waals surface area contributed by atoms with Crippen molar-refractivity contribution in [3.8, 4) is 0 Å². The molecule has 0 amide bonds. The van der Waals surface area contributed by atoms with Crippen LogP contribution in [0.1, 0.15) is 16.2 Å². The molecule has 2 atom stereocenters. The normalized spacial score (nSPS) is 12.7. The Bertz CT molecular complexity index is 235. The minimum Gasteiger partial charge on any atom is -1.00 e. The fraction of sp³-hybridized carbons (Fsp3) is 0.600. The summed E-state index contributed by atoms with van der Waals surface area (Å²) in [5.74, 6) is -1.75. The van der Waals surface area contributed by atoms with Crippen LogP contribution in [-0.2, 0) is 25.5 Å².